The largest absolute Gasteiger partial charge is 0.380 e. The lowest BCUT2D eigenvalue weighted by atomic mass is 10.0. The van der Waals surface area contributed by atoms with Crippen molar-refractivity contribution in [1.82, 2.24) is 15.0 Å². The van der Waals surface area contributed by atoms with Gasteiger partial charge in [-0.05, 0) is 53.9 Å². The predicted octanol–water partition coefficient (Wildman–Crippen LogP) is 4.61. The first-order chi connectivity index (χ1) is 12.3. The molecule has 3 heterocycles. The third-order valence-corrected chi connectivity index (χ3v) is 4.15. The number of hydrogen-bond acceptors (Lipinski definition) is 4. The highest BCUT2D eigenvalue weighted by molar-refractivity contribution is 5.88. The van der Waals surface area contributed by atoms with Gasteiger partial charge < -0.3 is 5.32 Å². The second-order valence-corrected chi connectivity index (χ2v) is 5.98. The van der Waals surface area contributed by atoms with Gasteiger partial charge in [0.1, 0.15) is 0 Å². The van der Waals surface area contributed by atoms with Crippen molar-refractivity contribution in [2.24, 2.45) is 0 Å². The van der Waals surface area contributed by atoms with Crippen LogP contribution in [0.25, 0.3) is 22.2 Å². The molecule has 0 aliphatic rings. The standard InChI is InChI=1S/C21H18N4/c1-15-7-8-19-20(9-11-23-21(19)25-15)24-13-16-4-2-5-17(12-16)18-6-3-10-22-14-18/h2-12,14H,13H2,1H3,(H,23,24,25). The van der Waals surface area contributed by atoms with E-state index in [-0.39, 0.29) is 0 Å². The zero-order chi connectivity index (χ0) is 17.1. The van der Waals surface area contributed by atoms with E-state index in [1.165, 1.54) is 11.1 Å². The Hall–Kier alpha value is -3.27. The molecule has 0 radical (unpaired) electrons. The molecule has 3 aromatic heterocycles. The normalized spacial score (nSPS) is 10.8. The molecule has 0 aliphatic heterocycles. The number of hydrogen-bond donors (Lipinski definition) is 1. The molecule has 122 valence electrons. The molecular formula is C21H18N4. The van der Waals surface area contributed by atoms with Crippen molar-refractivity contribution in [1.29, 1.82) is 0 Å². The summed E-state index contributed by atoms with van der Waals surface area (Å²) >= 11 is 0. The van der Waals surface area contributed by atoms with Gasteiger partial charge in [-0.3, -0.25) is 4.98 Å². The molecule has 0 amide bonds. The van der Waals surface area contributed by atoms with Crippen LogP contribution in [0.5, 0.6) is 0 Å². The van der Waals surface area contributed by atoms with Gasteiger partial charge in [-0.15, -0.1) is 0 Å². The van der Waals surface area contributed by atoms with Gasteiger partial charge in [0.25, 0.3) is 0 Å². The first-order valence-corrected chi connectivity index (χ1v) is 8.25. The minimum Gasteiger partial charge on any atom is -0.380 e. The minimum atomic E-state index is 0.737. The lowest BCUT2D eigenvalue weighted by Crippen LogP contribution is -2.01. The summed E-state index contributed by atoms with van der Waals surface area (Å²) in [5.74, 6) is 0. The molecule has 0 atom stereocenters. The lowest BCUT2D eigenvalue weighted by Gasteiger charge is -2.10. The molecule has 4 heteroatoms. The summed E-state index contributed by atoms with van der Waals surface area (Å²) < 4.78 is 0. The Kier molecular flexibility index (Phi) is 4.09. The van der Waals surface area contributed by atoms with Crippen molar-refractivity contribution < 1.29 is 0 Å². The number of aromatic nitrogens is 3. The fourth-order valence-electron chi connectivity index (χ4n) is 2.87. The van der Waals surface area contributed by atoms with Crippen LogP contribution in [0.3, 0.4) is 0 Å². The van der Waals surface area contributed by atoms with Crippen molar-refractivity contribution in [3.05, 3.63) is 84.4 Å². The van der Waals surface area contributed by atoms with E-state index < -0.39 is 0 Å². The van der Waals surface area contributed by atoms with Gasteiger partial charge >= 0.3 is 0 Å². The summed E-state index contributed by atoms with van der Waals surface area (Å²) in [5.41, 5.74) is 6.30. The molecule has 0 spiro atoms. The molecule has 1 aromatic carbocycles. The van der Waals surface area contributed by atoms with E-state index in [9.17, 15) is 0 Å². The van der Waals surface area contributed by atoms with Crippen molar-refractivity contribution in [3.63, 3.8) is 0 Å². The second-order valence-electron chi connectivity index (χ2n) is 5.98. The molecule has 0 saturated carbocycles. The minimum absolute atomic E-state index is 0.737. The quantitative estimate of drug-likeness (QED) is 0.595. The number of benzene rings is 1. The average Bonchev–Trinajstić information content (AvgIpc) is 2.67. The SMILES string of the molecule is Cc1ccc2c(NCc3cccc(-c4cccnc4)c3)ccnc2n1. The highest BCUT2D eigenvalue weighted by Gasteiger charge is 2.04. The topological polar surface area (TPSA) is 50.7 Å². The van der Waals surface area contributed by atoms with Crippen LogP contribution in [-0.4, -0.2) is 15.0 Å². The number of pyridine rings is 3. The Morgan fingerprint density at radius 3 is 2.72 bits per heavy atom. The van der Waals surface area contributed by atoms with Crippen LogP contribution in [0.2, 0.25) is 0 Å². The van der Waals surface area contributed by atoms with Gasteiger partial charge in [0.05, 0.1) is 0 Å². The van der Waals surface area contributed by atoms with Crippen LogP contribution < -0.4 is 5.32 Å². The molecule has 0 saturated heterocycles. The first kappa shape index (κ1) is 15.3. The number of rotatable bonds is 4. The molecule has 1 N–H and O–H groups in total. The maximum absolute atomic E-state index is 4.49. The fourth-order valence-corrected chi connectivity index (χ4v) is 2.87. The molecule has 0 bridgehead atoms. The second kappa shape index (κ2) is 6.69. The molecule has 0 aliphatic carbocycles. The van der Waals surface area contributed by atoms with Gasteiger partial charge in [0.2, 0.25) is 0 Å². The summed E-state index contributed by atoms with van der Waals surface area (Å²) in [6, 6.07) is 18.6. The van der Waals surface area contributed by atoms with Crippen molar-refractivity contribution in [2.45, 2.75) is 13.5 Å². The molecule has 0 unspecified atom stereocenters. The molecule has 25 heavy (non-hydrogen) atoms. The molecular weight excluding hydrogens is 308 g/mol. The summed E-state index contributed by atoms with van der Waals surface area (Å²) in [7, 11) is 0. The van der Waals surface area contributed by atoms with E-state index in [1.807, 2.05) is 31.3 Å². The molecule has 4 rings (SSSR count). The molecule has 4 nitrogen and oxygen atoms in total. The third-order valence-electron chi connectivity index (χ3n) is 4.15. The van der Waals surface area contributed by atoms with Crippen LogP contribution in [0, 0.1) is 6.92 Å². The van der Waals surface area contributed by atoms with Gasteiger partial charge in [0, 0.05) is 41.9 Å². The van der Waals surface area contributed by atoms with Crippen LogP contribution in [0.1, 0.15) is 11.3 Å². The smallest absolute Gasteiger partial charge is 0.161 e. The van der Waals surface area contributed by atoms with E-state index in [2.05, 4.69) is 56.7 Å². The van der Waals surface area contributed by atoms with Gasteiger partial charge in [-0.25, -0.2) is 9.97 Å². The van der Waals surface area contributed by atoms with Crippen LogP contribution in [0.4, 0.5) is 5.69 Å². The molecule has 0 fully saturated rings. The van der Waals surface area contributed by atoms with E-state index in [4.69, 9.17) is 0 Å². The number of anilines is 1. The summed E-state index contributed by atoms with van der Waals surface area (Å²) in [4.78, 5) is 13.0. The zero-order valence-corrected chi connectivity index (χ0v) is 14.0. The summed E-state index contributed by atoms with van der Waals surface area (Å²) in [5, 5.41) is 4.54. The number of nitrogens with zero attached hydrogens (tertiary/aromatic N) is 3. The maximum Gasteiger partial charge on any atom is 0.161 e. The highest BCUT2D eigenvalue weighted by atomic mass is 14.9. The zero-order valence-electron chi connectivity index (χ0n) is 14.0. The third kappa shape index (κ3) is 3.33. The Labute approximate surface area is 146 Å². The maximum atomic E-state index is 4.49. The van der Waals surface area contributed by atoms with Crippen LogP contribution in [-0.2, 0) is 6.54 Å². The van der Waals surface area contributed by atoms with Gasteiger partial charge in [-0.2, -0.15) is 0 Å². The summed E-state index contributed by atoms with van der Waals surface area (Å²) in [6.07, 6.45) is 5.47. The van der Waals surface area contributed by atoms with Crippen molar-refractivity contribution in [2.75, 3.05) is 5.32 Å². The Bertz CT molecular complexity index is 1010. The van der Waals surface area contributed by atoms with Gasteiger partial charge in [0.15, 0.2) is 5.65 Å². The average molecular weight is 326 g/mol. The van der Waals surface area contributed by atoms with Crippen LogP contribution >= 0.6 is 0 Å². The van der Waals surface area contributed by atoms with E-state index in [0.717, 1.165) is 34.5 Å². The number of aryl methyl sites for hydroxylation is 1. The van der Waals surface area contributed by atoms with Gasteiger partial charge in [-0.1, -0.05) is 24.3 Å². The van der Waals surface area contributed by atoms with E-state index >= 15 is 0 Å². The van der Waals surface area contributed by atoms with E-state index in [1.54, 1.807) is 12.4 Å². The lowest BCUT2D eigenvalue weighted by molar-refractivity contribution is 1.14. The Morgan fingerprint density at radius 2 is 1.84 bits per heavy atom. The highest BCUT2D eigenvalue weighted by Crippen LogP contribution is 2.23. The Balaban J connectivity index is 1.58. The van der Waals surface area contributed by atoms with Crippen LogP contribution in [0.15, 0.2) is 73.2 Å². The number of nitrogens with one attached hydrogen (secondary N) is 1. The monoisotopic (exact) mass is 326 g/mol. The summed E-state index contributed by atoms with van der Waals surface area (Å²) in [6.45, 7) is 2.71. The van der Waals surface area contributed by atoms with E-state index in [0.29, 0.717) is 0 Å². The molecule has 4 aromatic rings. The number of fused-ring (bicyclic) bond motifs is 1. The predicted molar refractivity (Wildman–Crippen MR) is 101 cm³/mol. The Morgan fingerprint density at radius 1 is 0.920 bits per heavy atom. The van der Waals surface area contributed by atoms with Crippen molar-refractivity contribution >= 4 is 16.7 Å². The first-order valence-electron chi connectivity index (χ1n) is 8.25. The van der Waals surface area contributed by atoms with Crippen molar-refractivity contribution in [3.8, 4) is 11.1 Å². The fraction of sp³-hybridized carbons (Fsp3) is 0.0952.